The van der Waals surface area contributed by atoms with Crippen molar-refractivity contribution in [2.45, 2.75) is 23.8 Å². The summed E-state index contributed by atoms with van der Waals surface area (Å²) >= 11 is 3.12. The molecule has 0 bridgehead atoms. The Labute approximate surface area is 142 Å². The maximum atomic E-state index is 12.5. The smallest absolute Gasteiger partial charge is 0.269 e. The predicted molar refractivity (Wildman–Crippen MR) is 91.8 cm³/mol. The molecule has 0 N–H and O–H groups in total. The zero-order valence-corrected chi connectivity index (χ0v) is 14.0. The Kier molecular flexibility index (Phi) is 4.97. The second-order valence-electron chi connectivity index (χ2n) is 5.30. The van der Waals surface area contributed by atoms with Crippen LogP contribution in [0.1, 0.15) is 23.8 Å². The number of likely N-dealkylation sites (tertiary alicyclic amines) is 1. The van der Waals surface area contributed by atoms with Gasteiger partial charge in [-0.2, -0.15) is 0 Å². The lowest BCUT2D eigenvalue weighted by molar-refractivity contribution is -0.384. The first-order valence-electron chi connectivity index (χ1n) is 7.35. The molecule has 1 aliphatic rings. The summed E-state index contributed by atoms with van der Waals surface area (Å²) in [6.45, 7) is 0.808. The molecule has 0 radical (unpaired) electrons. The van der Waals surface area contributed by atoms with Crippen LogP contribution in [0.4, 0.5) is 5.69 Å². The van der Waals surface area contributed by atoms with Gasteiger partial charge >= 0.3 is 0 Å². The van der Waals surface area contributed by atoms with Gasteiger partial charge in [0.25, 0.3) is 5.69 Å². The highest BCUT2D eigenvalue weighted by Crippen LogP contribution is 2.35. The van der Waals surface area contributed by atoms with Crippen LogP contribution in [-0.2, 0) is 4.79 Å². The summed E-state index contributed by atoms with van der Waals surface area (Å²) in [6.07, 6.45) is 2.06. The first-order chi connectivity index (χ1) is 11.1. The van der Waals surface area contributed by atoms with E-state index in [4.69, 9.17) is 0 Å². The van der Waals surface area contributed by atoms with E-state index in [1.165, 1.54) is 28.8 Å². The number of rotatable bonds is 5. The van der Waals surface area contributed by atoms with Gasteiger partial charge in [-0.15, -0.1) is 23.1 Å². The number of hydrogen-bond donors (Lipinski definition) is 0. The molecule has 1 unspecified atom stereocenters. The zero-order chi connectivity index (χ0) is 16.2. The average molecular weight is 348 g/mol. The number of amides is 1. The van der Waals surface area contributed by atoms with Crippen molar-refractivity contribution in [1.29, 1.82) is 0 Å². The fourth-order valence-corrected chi connectivity index (χ4v) is 4.39. The van der Waals surface area contributed by atoms with Gasteiger partial charge in [0.2, 0.25) is 5.91 Å². The van der Waals surface area contributed by atoms with Crippen molar-refractivity contribution in [3.05, 3.63) is 56.8 Å². The molecular weight excluding hydrogens is 332 g/mol. The fourth-order valence-electron chi connectivity index (χ4n) is 2.73. The van der Waals surface area contributed by atoms with Crippen molar-refractivity contribution >= 4 is 34.7 Å². The number of benzene rings is 1. The molecule has 0 aliphatic carbocycles. The van der Waals surface area contributed by atoms with Crippen LogP contribution in [-0.4, -0.2) is 28.0 Å². The average Bonchev–Trinajstić information content (AvgIpc) is 3.23. The molecule has 1 aromatic heterocycles. The van der Waals surface area contributed by atoms with Gasteiger partial charge in [0.15, 0.2) is 0 Å². The molecule has 1 fully saturated rings. The van der Waals surface area contributed by atoms with E-state index in [9.17, 15) is 14.9 Å². The van der Waals surface area contributed by atoms with Crippen molar-refractivity contribution in [3.8, 4) is 0 Å². The Balaban J connectivity index is 1.59. The van der Waals surface area contributed by atoms with Crippen molar-refractivity contribution in [2.75, 3.05) is 12.3 Å². The molecule has 0 spiro atoms. The second kappa shape index (κ2) is 7.14. The monoisotopic (exact) mass is 348 g/mol. The Hall–Kier alpha value is -1.86. The normalized spacial score (nSPS) is 17.4. The second-order valence-corrected chi connectivity index (χ2v) is 7.33. The number of nitrogens with zero attached hydrogens (tertiary/aromatic N) is 2. The molecule has 120 valence electrons. The summed E-state index contributed by atoms with van der Waals surface area (Å²) in [5, 5.41) is 12.7. The van der Waals surface area contributed by atoms with Crippen LogP contribution in [0.2, 0.25) is 0 Å². The third kappa shape index (κ3) is 3.73. The lowest BCUT2D eigenvalue weighted by Gasteiger charge is -2.23. The van der Waals surface area contributed by atoms with Crippen LogP contribution < -0.4 is 0 Å². The number of thiophene rings is 1. The number of non-ortho nitro benzene ring substituents is 1. The van der Waals surface area contributed by atoms with Crippen LogP contribution in [0.25, 0.3) is 0 Å². The van der Waals surface area contributed by atoms with Crippen molar-refractivity contribution in [1.82, 2.24) is 4.90 Å². The molecular formula is C16H16N2O3S2. The van der Waals surface area contributed by atoms with Gasteiger partial charge in [-0.25, -0.2) is 0 Å². The molecule has 1 aliphatic heterocycles. The van der Waals surface area contributed by atoms with E-state index in [1.54, 1.807) is 23.5 Å². The maximum absolute atomic E-state index is 12.5. The van der Waals surface area contributed by atoms with Crippen LogP contribution >= 0.6 is 23.1 Å². The first kappa shape index (κ1) is 16.0. The van der Waals surface area contributed by atoms with Gasteiger partial charge < -0.3 is 4.90 Å². The molecule has 2 heterocycles. The highest BCUT2D eigenvalue weighted by Gasteiger charge is 2.30. The van der Waals surface area contributed by atoms with E-state index in [0.717, 1.165) is 24.3 Å². The Morgan fingerprint density at radius 3 is 2.78 bits per heavy atom. The van der Waals surface area contributed by atoms with Crippen LogP contribution in [0.15, 0.2) is 46.7 Å². The van der Waals surface area contributed by atoms with Gasteiger partial charge in [0.1, 0.15) is 0 Å². The molecule has 0 saturated carbocycles. The molecule has 7 heteroatoms. The summed E-state index contributed by atoms with van der Waals surface area (Å²) in [5.41, 5.74) is 0.0676. The molecule has 5 nitrogen and oxygen atoms in total. The van der Waals surface area contributed by atoms with Gasteiger partial charge in [-0.1, -0.05) is 6.07 Å². The maximum Gasteiger partial charge on any atom is 0.269 e. The number of carbonyl (C=O) groups is 1. The number of nitro groups is 1. The Bertz CT molecular complexity index is 686. The summed E-state index contributed by atoms with van der Waals surface area (Å²) in [7, 11) is 0. The van der Waals surface area contributed by atoms with Crippen molar-refractivity contribution in [3.63, 3.8) is 0 Å². The summed E-state index contributed by atoms with van der Waals surface area (Å²) < 4.78 is 0. The van der Waals surface area contributed by atoms with E-state index in [-0.39, 0.29) is 17.6 Å². The molecule has 3 rings (SSSR count). The fraction of sp³-hybridized carbons (Fsp3) is 0.312. The highest BCUT2D eigenvalue weighted by atomic mass is 32.2. The van der Waals surface area contributed by atoms with Gasteiger partial charge in [-0.3, -0.25) is 14.9 Å². The van der Waals surface area contributed by atoms with E-state index in [2.05, 4.69) is 6.07 Å². The Morgan fingerprint density at radius 1 is 1.35 bits per heavy atom. The molecule has 2 aromatic rings. The zero-order valence-electron chi connectivity index (χ0n) is 12.4. The van der Waals surface area contributed by atoms with Gasteiger partial charge in [0, 0.05) is 28.5 Å². The molecule has 23 heavy (non-hydrogen) atoms. The van der Waals surface area contributed by atoms with E-state index < -0.39 is 4.92 Å². The number of carbonyl (C=O) groups excluding carboxylic acids is 1. The molecule has 1 amide bonds. The van der Waals surface area contributed by atoms with Gasteiger partial charge in [-0.05, 0) is 36.4 Å². The first-order valence-corrected chi connectivity index (χ1v) is 9.22. The van der Waals surface area contributed by atoms with Crippen LogP contribution in [0, 0.1) is 10.1 Å². The minimum absolute atomic E-state index is 0.0676. The minimum atomic E-state index is -0.421. The largest absolute Gasteiger partial charge is 0.334 e. The topological polar surface area (TPSA) is 63.4 Å². The standard InChI is InChI=1S/C16H16N2O3S2/c19-16(11-23-13-7-5-12(6-8-13)18(20)21)17-9-1-3-14(17)15-4-2-10-22-15/h2,4-8,10,14H,1,3,9,11H2. The summed E-state index contributed by atoms with van der Waals surface area (Å²) in [6, 6.07) is 10.6. The number of hydrogen-bond acceptors (Lipinski definition) is 5. The van der Waals surface area contributed by atoms with Crippen molar-refractivity contribution < 1.29 is 9.72 Å². The van der Waals surface area contributed by atoms with E-state index in [0.29, 0.717) is 5.75 Å². The third-order valence-corrected chi connectivity index (χ3v) is 5.82. The summed E-state index contributed by atoms with van der Waals surface area (Å²) in [4.78, 5) is 26.8. The molecule has 1 atom stereocenters. The highest BCUT2D eigenvalue weighted by molar-refractivity contribution is 8.00. The molecule has 1 saturated heterocycles. The van der Waals surface area contributed by atoms with E-state index >= 15 is 0 Å². The van der Waals surface area contributed by atoms with Crippen LogP contribution in [0.3, 0.4) is 0 Å². The van der Waals surface area contributed by atoms with Gasteiger partial charge in [0.05, 0.1) is 16.7 Å². The van der Waals surface area contributed by atoms with E-state index in [1.807, 2.05) is 16.3 Å². The van der Waals surface area contributed by atoms with Crippen molar-refractivity contribution in [2.24, 2.45) is 0 Å². The minimum Gasteiger partial charge on any atom is -0.334 e. The number of nitro benzene ring substituents is 1. The quantitative estimate of drug-likeness (QED) is 0.463. The van der Waals surface area contributed by atoms with Crippen LogP contribution in [0.5, 0.6) is 0 Å². The summed E-state index contributed by atoms with van der Waals surface area (Å²) in [5.74, 6) is 0.490. The third-order valence-electron chi connectivity index (χ3n) is 3.85. The Morgan fingerprint density at radius 2 is 2.13 bits per heavy atom. The SMILES string of the molecule is O=C(CSc1ccc([N+](=O)[O-])cc1)N1CCCC1c1cccs1. The lowest BCUT2D eigenvalue weighted by Crippen LogP contribution is -2.31. The lowest BCUT2D eigenvalue weighted by atomic mass is 10.2. The predicted octanol–water partition coefficient (Wildman–Crippen LogP) is 4.11. The number of thioether (sulfide) groups is 1. The molecule has 1 aromatic carbocycles.